The lowest BCUT2D eigenvalue weighted by atomic mass is 10.5. The molecule has 0 spiro atoms. The second kappa shape index (κ2) is 37.3. The molecule has 0 aromatic carbocycles. The lowest BCUT2D eigenvalue weighted by Gasteiger charge is -2.19. The van der Waals surface area contributed by atoms with Crippen LogP contribution in [-0.2, 0) is 0 Å². The van der Waals surface area contributed by atoms with E-state index in [2.05, 4.69) is 118 Å². The van der Waals surface area contributed by atoms with Gasteiger partial charge in [0.15, 0.2) is 0 Å². The molecule has 0 atom stereocenters. The predicted molar refractivity (Wildman–Crippen MR) is 176 cm³/mol. The summed E-state index contributed by atoms with van der Waals surface area (Å²) in [6.07, 6.45) is 4.87. The third kappa shape index (κ3) is 49.0. The minimum Gasteiger partial charge on any atom is -0.131 e. The highest BCUT2D eigenvalue weighted by Crippen LogP contribution is 2.18. The summed E-state index contributed by atoms with van der Waals surface area (Å²) in [6.45, 7) is 29.4. The van der Waals surface area contributed by atoms with E-state index < -0.39 is 16.1 Å². The lowest BCUT2D eigenvalue weighted by molar-refractivity contribution is 1.20. The second-order valence-corrected chi connectivity index (χ2v) is 18.2. The van der Waals surface area contributed by atoms with Crippen molar-refractivity contribution < 1.29 is 0 Å². The van der Waals surface area contributed by atoms with E-state index in [-0.39, 0.29) is 0 Å². The van der Waals surface area contributed by atoms with Crippen LogP contribution in [0.3, 0.4) is 0 Å². The molecule has 36 heavy (non-hydrogen) atoms. The fourth-order valence-corrected chi connectivity index (χ4v) is 5.19. The maximum absolute atomic E-state index is 3.52. The Kier molecular flexibility index (Phi) is 45.5. The fraction of sp³-hybridized carbons (Fsp3) is 0.647. The Balaban J connectivity index is -0.000000117. The molecule has 0 fully saturated rings. The highest BCUT2D eigenvalue weighted by molar-refractivity contribution is 6.87. The van der Waals surface area contributed by atoms with E-state index >= 15 is 0 Å². The first-order valence-electron chi connectivity index (χ1n) is 13.7. The fourth-order valence-electron chi connectivity index (χ4n) is 2.17. The van der Waals surface area contributed by atoms with Gasteiger partial charge in [-0.25, -0.2) is 0 Å². The van der Waals surface area contributed by atoms with Gasteiger partial charge in [-0.3, -0.25) is 0 Å². The topological polar surface area (TPSA) is 0 Å². The van der Waals surface area contributed by atoms with E-state index in [0.29, 0.717) is 0 Å². The Hall–Kier alpha value is -2.21. The molecule has 0 saturated carbocycles. The highest BCUT2D eigenvalue weighted by Gasteiger charge is 2.23. The van der Waals surface area contributed by atoms with Crippen LogP contribution in [0.1, 0.15) is 108 Å². The van der Waals surface area contributed by atoms with Crippen molar-refractivity contribution in [1.82, 2.24) is 0 Å². The average molecular weight is 523 g/mol. The van der Waals surface area contributed by atoms with Gasteiger partial charge in [0.2, 0.25) is 0 Å². The molecule has 0 amide bonds. The zero-order valence-corrected chi connectivity index (χ0v) is 28.7. The van der Waals surface area contributed by atoms with Crippen LogP contribution in [0.2, 0.25) is 37.8 Å². The maximum Gasteiger partial charge on any atom is 0.137 e. The van der Waals surface area contributed by atoms with E-state index in [0.717, 1.165) is 32.1 Å². The van der Waals surface area contributed by atoms with Crippen molar-refractivity contribution in [2.75, 3.05) is 0 Å². The van der Waals surface area contributed by atoms with Gasteiger partial charge in [-0.15, -0.1) is 52.5 Å². The van der Waals surface area contributed by atoms with Gasteiger partial charge in [-0.05, 0) is 50.7 Å². The molecule has 0 aliphatic heterocycles. The number of rotatable bonds is 3. The predicted octanol–water partition coefficient (Wildman–Crippen LogP) is 9.99. The summed E-state index contributed by atoms with van der Waals surface area (Å²) in [7, 11) is -2.27. The molecule has 0 heterocycles. The minimum atomic E-state index is -1.17. The molecule has 0 radical (unpaired) electrons. The molecule has 0 unspecified atom stereocenters. The zero-order chi connectivity index (χ0) is 29.1. The molecular weight excluding hydrogens is 465 g/mol. The SMILES string of the molecule is CC#CCC.CC#CCC.CC#CCC.CCC#CC#C[Si](C)(C)C.CCC#C[Si](CC)(CC)CC. The lowest BCUT2D eigenvalue weighted by Crippen LogP contribution is -2.29. The monoisotopic (exact) mass is 522 g/mol. The molecule has 202 valence electrons. The molecule has 0 aliphatic carbocycles. The first kappa shape index (κ1) is 43.8. The molecule has 0 nitrogen and oxygen atoms in total. The van der Waals surface area contributed by atoms with E-state index in [1.807, 2.05) is 48.5 Å². The van der Waals surface area contributed by atoms with Crippen LogP contribution in [-0.4, -0.2) is 16.1 Å². The Bertz CT molecular complexity index is 773. The van der Waals surface area contributed by atoms with E-state index in [1.165, 1.54) is 18.1 Å². The molecule has 0 bridgehead atoms. The largest absolute Gasteiger partial charge is 0.137 e. The number of hydrogen-bond donors (Lipinski definition) is 0. The molecule has 0 N–H and O–H groups in total. The van der Waals surface area contributed by atoms with E-state index in [4.69, 9.17) is 0 Å². The minimum absolute atomic E-state index is 0.903. The van der Waals surface area contributed by atoms with Crippen LogP contribution in [0.15, 0.2) is 0 Å². The van der Waals surface area contributed by atoms with Gasteiger partial charge in [0.1, 0.15) is 16.1 Å². The zero-order valence-electron chi connectivity index (χ0n) is 26.7. The number of hydrogen-bond acceptors (Lipinski definition) is 0. The molecule has 0 aromatic rings. The van der Waals surface area contributed by atoms with Gasteiger partial charge in [-0.1, -0.05) is 81.0 Å². The third-order valence-electron chi connectivity index (χ3n) is 4.39. The third-order valence-corrected chi connectivity index (χ3v) is 10.0. The Morgan fingerprint density at radius 2 is 0.750 bits per heavy atom. The summed E-state index contributed by atoms with van der Waals surface area (Å²) in [6, 6.07) is 3.98. The van der Waals surface area contributed by atoms with Crippen LogP contribution in [0.25, 0.3) is 0 Å². The van der Waals surface area contributed by atoms with Crippen molar-refractivity contribution in [2.45, 2.75) is 146 Å². The smallest absolute Gasteiger partial charge is 0.131 e. The van der Waals surface area contributed by atoms with Crippen LogP contribution < -0.4 is 0 Å². The van der Waals surface area contributed by atoms with Gasteiger partial charge < -0.3 is 0 Å². The molecule has 0 saturated heterocycles. The molecule has 0 aliphatic rings. The van der Waals surface area contributed by atoms with Gasteiger partial charge in [0.25, 0.3) is 0 Å². The van der Waals surface area contributed by atoms with Crippen LogP contribution in [0, 0.1) is 70.3 Å². The molecular formula is C34H58Si2. The maximum atomic E-state index is 3.52. The molecule has 2 heteroatoms. The second-order valence-electron chi connectivity index (χ2n) is 8.49. The Labute approximate surface area is 232 Å². The standard InChI is InChI=1S/C10H20Si.C9H14Si.3C5H8/c1-5-9-10-11(6-2,7-3)8-4;1-5-6-7-8-9-10(2,3)4;3*1-3-5-4-2/h5-8H2,1-4H3;5H2,1-4H3;3*3H2,1-2H3. The quantitative estimate of drug-likeness (QED) is 0.255. The van der Waals surface area contributed by atoms with Gasteiger partial charge in [0, 0.05) is 32.1 Å². The normalized spacial score (nSPS) is 7.83. The van der Waals surface area contributed by atoms with Crippen molar-refractivity contribution >= 4 is 16.1 Å². The first-order valence-corrected chi connectivity index (χ1v) is 19.9. The van der Waals surface area contributed by atoms with Crippen molar-refractivity contribution in [1.29, 1.82) is 0 Å². The summed E-state index contributed by atoms with van der Waals surface area (Å²) in [4.78, 5) is 0. The van der Waals surface area contributed by atoms with Gasteiger partial charge in [-0.2, -0.15) is 0 Å². The first-order chi connectivity index (χ1) is 17.0. The van der Waals surface area contributed by atoms with Gasteiger partial charge >= 0.3 is 0 Å². The summed E-state index contributed by atoms with van der Waals surface area (Å²) in [5, 5.41) is 0. The van der Waals surface area contributed by atoms with Crippen LogP contribution in [0.5, 0.6) is 0 Å². The summed E-state index contributed by atoms with van der Waals surface area (Å²) in [5.74, 6) is 28.8. The van der Waals surface area contributed by atoms with Crippen LogP contribution >= 0.6 is 0 Å². The summed E-state index contributed by atoms with van der Waals surface area (Å²) >= 11 is 0. The van der Waals surface area contributed by atoms with Crippen molar-refractivity contribution in [3.8, 4) is 70.3 Å². The van der Waals surface area contributed by atoms with E-state index in [9.17, 15) is 0 Å². The van der Waals surface area contributed by atoms with E-state index in [1.54, 1.807) is 0 Å². The summed E-state index contributed by atoms with van der Waals surface area (Å²) in [5.41, 5.74) is 6.69. The Morgan fingerprint density at radius 3 is 0.944 bits per heavy atom. The summed E-state index contributed by atoms with van der Waals surface area (Å²) < 4.78 is 0. The molecule has 0 rings (SSSR count). The van der Waals surface area contributed by atoms with Crippen molar-refractivity contribution in [3.63, 3.8) is 0 Å². The average Bonchev–Trinajstić information content (AvgIpc) is 2.86. The van der Waals surface area contributed by atoms with Crippen molar-refractivity contribution in [2.24, 2.45) is 0 Å². The van der Waals surface area contributed by atoms with Gasteiger partial charge in [0.05, 0.1) is 0 Å². The Morgan fingerprint density at radius 1 is 0.417 bits per heavy atom. The molecule has 0 aromatic heterocycles. The van der Waals surface area contributed by atoms with Crippen LogP contribution in [0.4, 0.5) is 0 Å². The van der Waals surface area contributed by atoms with Crippen molar-refractivity contribution in [3.05, 3.63) is 0 Å². The highest BCUT2D eigenvalue weighted by atomic mass is 28.3.